The number of nitrogens with one attached hydrogen (secondary N) is 1. The smallest absolute Gasteiger partial charge is 0.255 e. The van der Waals surface area contributed by atoms with Gasteiger partial charge in [0.1, 0.15) is 12.4 Å². The number of aromatic nitrogens is 1. The van der Waals surface area contributed by atoms with Gasteiger partial charge in [-0.15, -0.1) is 0 Å². The normalized spacial score (nSPS) is 11.3. The first-order chi connectivity index (χ1) is 16.4. The first-order valence-corrected chi connectivity index (χ1v) is 10.5. The van der Waals surface area contributed by atoms with Gasteiger partial charge in [0.05, 0.1) is 20.3 Å². The molecular formula is C25H27N3O6. The Hall–Kier alpha value is -4.27. The molecule has 1 atom stereocenters. The average molecular weight is 466 g/mol. The lowest BCUT2D eigenvalue weighted by molar-refractivity contribution is -0.120. The van der Waals surface area contributed by atoms with Crippen LogP contribution in [0.3, 0.4) is 0 Å². The zero-order valence-electron chi connectivity index (χ0n) is 19.2. The van der Waals surface area contributed by atoms with E-state index in [9.17, 15) is 9.59 Å². The fourth-order valence-electron chi connectivity index (χ4n) is 3.16. The first-order valence-electron chi connectivity index (χ1n) is 10.5. The molecule has 0 aliphatic rings. The highest BCUT2D eigenvalue weighted by atomic mass is 16.5. The van der Waals surface area contributed by atoms with E-state index >= 15 is 0 Å². The second-order valence-corrected chi connectivity index (χ2v) is 7.38. The van der Waals surface area contributed by atoms with Crippen molar-refractivity contribution >= 4 is 11.8 Å². The lowest BCUT2D eigenvalue weighted by Crippen LogP contribution is -2.26. The molecule has 1 heterocycles. The summed E-state index contributed by atoms with van der Waals surface area (Å²) in [5.41, 5.74) is 7.33. The van der Waals surface area contributed by atoms with Gasteiger partial charge < -0.3 is 30.0 Å². The second kappa shape index (κ2) is 11.6. The molecule has 0 aliphatic heterocycles. The van der Waals surface area contributed by atoms with Crippen LogP contribution in [0.25, 0.3) is 0 Å². The lowest BCUT2D eigenvalue weighted by Gasteiger charge is -2.18. The van der Waals surface area contributed by atoms with Gasteiger partial charge in [0.2, 0.25) is 5.75 Å². The van der Waals surface area contributed by atoms with Crippen LogP contribution in [0.5, 0.6) is 23.0 Å². The number of benzene rings is 2. The maximum atomic E-state index is 12.9. The van der Waals surface area contributed by atoms with E-state index in [1.807, 2.05) is 43.3 Å². The first kappa shape index (κ1) is 24.4. The summed E-state index contributed by atoms with van der Waals surface area (Å²) in [5.74, 6) is 0.417. The Kier molecular flexibility index (Phi) is 8.28. The maximum Gasteiger partial charge on any atom is 0.255 e. The van der Waals surface area contributed by atoms with Crippen molar-refractivity contribution in [2.75, 3.05) is 20.8 Å². The minimum Gasteiger partial charge on any atom is -0.493 e. The van der Waals surface area contributed by atoms with E-state index in [1.54, 1.807) is 12.4 Å². The Labute approximate surface area is 197 Å². The van der Waals surface area contributed by atoms with Gasteiger partial charge in [0, 0.05) is 23.5 Å². The molecular weight excluding hydrogens is 438 g/mol. The molecule has 0 fully saturated rings. The Morgan fingerprint density at radius 1 is 1.03 bits per heavy atom. The van der Waals surface area contributed by atoms with Crippen molar-refractivity contribution in [3.05, 3.63) is 77.6 Å². The number of carbonyl (C=O) groups is 2. The van der Waals surface area contributed by atoms with Crippen molar-refractivity contribution < 1.29 is 28.5 Å². The molecule has 9 heteroatoms. The number of hydrogen-bond acceptors (Lipinski definition) is 7. The Morgan fingerprint density at radius 3 is 2.26 bits per heavy atom. The van der Waals surface area contributed by atoms with Crippen LogP contribution in [0.2, 0.25) is 0 Å². The predicted octanol–water partition coefficient (Wildman–Crippen LogP) is 3.03. The van der Waals surface area contributed by atoms with E-state index in [0.29, 0.717) is 17.9 Å². The molecule has 0 radical (unpaired) electrons. The van der Waals surface area contributed by atoms with E-state index in [-0.39, 0.29) is 35.8 Å². The molecule has 2 aromatic carbocycles. The van der Waals surface area contributed by atoms with Crippen LogP contribution in [0.4, 0.5) is 0 Å². The third-order valence-electron chi connectivity index (χ3n) is 4.94. The van der Waals surface area contributed by atoms with Gasteiger partial charge >= 0.3 is 0 Å². The van der Waals surface area contributed by atoms with Crippen molar-refractivity contribution in [3.8, 4) is 23.0 Å². The lowest BCUT2D eigenvalue weighted by atomic mass is 10.1. The molecule has 9 nitrogen and oxygen atoms in total. The van der Waals surface area contributed by atoms with Gasteiger partial charge in [0.25, 0.3) is 11.8 Å². The molecule has 3 rings (SSSR count). The van der Waals surface area contributed by atoms with Crippen LogP contribution in [0.15, 0.2) is 60.9 Å². The summed E-state index contributed by atoms with van der Waals surface area (Å²) < 4.78 is 21.8. The molecule has 0 saturated heterocycles. The molecule has 3 N–H and O–H groups in total. The molecule has 0 aliphatic carbocycles. The number of hydrogen-bond donors (Lipinski definition) is 2. The van der Waals surface area contributed by atoms with E-state index in [2.05, 4.69) is 10.3 Å². The zero-order valence-corrected chi connectivity index (χ0v) is 19.2. The second-order valence-electron chi connectivity index (χ2n) is 7.38. The fourth-order valence-corrected chi connectivity index (χ4v) is 3.16. The summed E-state index contributed by atoms with van der Waals surface area (Å²) in [4.78, 5) is 28.0. The van der Waals surface area contributed by atoms with Gasteiger partial charge in [-0.1, -0.05) is 18.2 Å². The highest BCUT2D eigenvalue weighted by molar-refractivity contribution is 5.96. The standard InChI is InChI=1S/C25H27N3O6/c1-16(18-6-8-20(9-7-18)33-14-17-5-4-10-27-13-17)28-25(30)19-11-21(31-2)24(22(12-19)32-3)34-15-23(26)29/h4-13,16H,14-15H2,1-3H3,(H2,26,29)(H,28,30). The summed E-state index contributed by atoms with van der Waals surface area (Å²) >= 11 is 0. The summed E-state index contributed by atoms with van der Waals surface area (Å²) in [6.45, 7) is 1.95. The van der Waals surface area contributed by atoms with Gasteiger partial charge in [0.15, 0.2) is 18.1 Å². The number of nitrogens with two attached hydrogens (primary N) is 1. The van der Waals surface area contributed by atoms with Crippen LogP contribution in [-0.4, -0.2) is 37.6 Å². The number of ether oxygens (including phenoxy) is 4. The molecule has 178 valence electrons. The third kappa shape index (κ3) is 6.38. The number of nitrogens with zero attached hydrogens (tertiary/aromatic N) is 1. The third-order valence-corrected chi connectivity index (χ3v) is 4.94. The van der Waals surface area contributed by atoms with Gasteiger partial charge in [-0.2, -0.15) is 0 Å². The average Bonchev–Trinajstić information content (AvgIpc) is 2.86. The van der Waals surface area contributed by atoms with E-state index in [1.165, 1.54) is 26.4 Å². The Balaban J connectivity index is 1.66. The summed E-state index contributed by atoms with van der Waals surface area (Å²) in [7, 11) is 2.85. The summed E-state index contributed by atoms with van der Waals surface area (Å²) in [5, 5.41) is 2.95. The fraction of sp³-hybridized carbons (Fsp3) is 0.240. The van der Waals surface area contributed by atoms with Crippen molar-refractivity contribution in [1.82, 2.24) is 10.3 Å². The van der Waals surface area contributed by atoms with Crippen molar-refractivity contribution in [2.45, 2.75) is 19.6 Å². The van der Waals surface area contributed by atoms with Crippen LogP contribution in [0, 0.1) is 0 Å². The molecule has 34 heavy (non-hydrogen) atoms. The molecule has 2 amide bonds. The minimum atomic E-state index is -0.645. The minimum absolute atomic E-state index is 0.190. The van der Waals surface area contributed by atoms with Crippen LogP contribution >= 0.6 is 0 Å². The van der Waals surface area contributed by atoms with Crippen LogP contribution in [0.1, 0.15) is 34.5 Å². The van der Waals surface area contributed by atoms with Crippen LogP contribution < -0.4 is 30.0 Å². The van der Waals surface area contributed by atoms with E-state index < -0.39 is 5.91 Å². The largest absolute Gasteiger partial charge is 0.493 e. The molecule has 0 saturated carbocycles. The molecule has 1 aromatic heterocycles. The summed E-state index contributed by atoms with van der Waals surface area (Å²) in [6, 6.07) is 14.0. The highest BCUT2D eigenvalue weighted by Crippen LogP contribution is 2.38. The van der Waals surface area contributed by atoms with Crippen molar-refractivity contribution in [1.29, 1.82) is 0 Å². The highest BCUT2D eigenvalue weighted by Gasteiger charge is 2.19. The Bertz CT molecular complexity index is 1090. The molecule has 0 bridgehead atoms. The van der Waals surface area contributed by atoms with Crippen molar-refractivity contribution in [2.24, 2.45) is 5.73 Å². The quantitative estimate of drug-likeness (QED) is 0.446. The van der Waals surface area contributed by atoms with E-state index in [4.69, 9.17) is 24.7 Å². The molecule has 1 unspecified atom stereocenters. The predicted molar refractivity (Wildman–Crippen MR) is 125 cm³/mol. The number of rotatable bonds is 11. The van der Waals surface area contributed by atoms with Crippen molar-refractivity contribution in [3.63, 3.8) is 0 Å². The van der Waals surface area contributed by atoms with Gasteiger partial charge in [-0.05, 0) is 42.8 Å². The number of methoxy groups -OCH3 is 2. The monoisotopic (exact) mass is 465 g/mol. The number of primary amides is 1. The van der Waals surface area contributed by atoms with E-state index in [0.717, 1.165) is 11.1 Å². The SMILES string of the molecule is COc1cc(C(=O)NC(C)c2ccc(OCc3cccnc3)cc2)cc(OC)c1OCC(N)=O. The van der Waals surface area contributed by atoms with Gasteiger partial charge in [-0.3, -0.25) is 14.6 Å². The summed E-state index contributed by atoms with van der Waals surface area (Å²) in [6.07, 6.45) is 3.47. The molecule has 0 spiro atoms. The topological polar surface area (TPSA) is 122 Å². The number of carbonyl (C=O) groups excluding carboxylic acids is 2. The Morgan fingerprint density at radius 2 is 1.71 bits per heavy atom. The maximum absolute atomic E-state index is 12.9. The number of amides is 2. The van der Waals surface area contributed by atoms with Gasteiger partial charge in [-0.25, -0.2) is 0 Å². The van der Waals surface area contributed by atoms with Crippen LogP contribution in [-0.2, 0) is 11.4 Å². The molecule has 3 aromatic rings. The zero-order chi connectivity index (χ0) is 24.5. The number of pyridine rings is 1.